The van der Waals surface area contributed by atoms with E-state index in [0.29, 0.717) is 5.75 Å². The summed E-state index contributed by atoms with van der Waals surface area (Å²) in [7, 11) is 0. The molecule has 0 heterocycles. The minimum atomic E-state index is -3.52. The van der Waals surface area contributed by atoms with Gasteiger partial charge in [0, 0.05) is 0 Å². The average molecular weight is 248 g/mol. The molecule has 0 fully saturated rings. The molecule has 0 saturated heterocycles. The summed E-state index contributed by atoms with van der Waals surface area (Å²) in [5, 5.41) is 0. The SMILES string of the molecule is [O]=[Sb]([OH])[O]c1ccccc1. The fourth-order valence-corrected chi connectivity index (χ4v) is 1.43. The van der Waals surface area contributed by atoms with Gasteiger partial charge in [0.05, 0.1) is 0 Å². The Bertz CT molecular complexity index is 222. The fourth-order valence-electron chi connectivity index (χ4n) is 0.572. The van der Waals surface area contributed by atoms with Crippen LogP contribution >= 0.6 is 0 Å². The van der Waals surface area contributed by atoms with Crippen molar-refractivity contribution in [3.63, 3.8) is 0 Å². The molecule has 1 rings (SSSR count). The Kier molecular flexibility index (Phi) is 2.84. The van der Waals surface area contributed by atoms with Crippen LogP contribution in [0.25, 0.3) is 0 Å². The summed E-state index contributed by atoms with van der Waals surface area (Å²) in [5.74, 6) is 0.461. The van der Waals surface area contributed by atoms with Gasteiger partial charge in [0.1, 0.15) is 0 Å². The molecule has 4 heteroatoms. The summed E-state index contributed by atoms with van der Waals surface area (Å²) in [6.45, 7) is 0. The first-order valence-electron chi connectivity index (χ1n) is 2.68. The van der Waals surface area contributed by atoms with E-state index >= 15 is 0 Å². The van der Waals surface area contributed by atoms with E-state index in [0.717, 1.165) is 0 Å². The van der Waals surface area contributed by atoms with Crippen LogP contribution in [0, 0.1) is 0 Å². The van der Waals surface area contributed by atoms with E-state index in [1.807, 2.05) is 6.07 Å². The van der Waals surface area contributed by atoms with Gasteiger partial charge in [-0.3, -0.25) is 0 Å². The molecule has 0 saturated carbocycles. The summed E-state index contributed by atoms with van der Waals surface area (Å²) >= 11 is -3.52. The summed E-state index contributed by atoms with van der Waals surface area (Å²) in [4.78, 5) is 0. The normalized spacial score (nSPS) is 8.90. The van der Waals surface area contributed by atoms with Crippen LogP contribution in [0.3, 0.4) is 0 Å². The van der Waals surface area contributed by atoms with Crippen molar-refractivity contribution in [2.75, 3.05) is 0 Å². The molecule has 1 aromatic rings. The molecule has 0 aliphatic rings. The summed E-state index contributed by atoms with van der Waals surface area (Å²) < 4.78 is 23.2. The topological polar surface area (TPSA) is 46.5 Å². The molecule has 53 valence electrons. The van der Waals surface area contributed by atoms with E-state index < -0.39 is 21.0 Å². The molecule has 0 spiro atoms. The zero-order valence-electron chi connectivity index (χ0n) is 5.10. The molecule has 0 bridgehead atoms. The minimum absolute atomic E-state index is 0.461. The first kappa shape index (κ1) is 7.70. The standard InChI is InChI=1S/C6H6O.H2O.O.Sb/c7-6-4-2-1-3-5-6;;;/h1-5,7H;1H2;;/q;;;+2/p-2. The molecular formula is C6H6O3Sb. The van der Waals surface area contributed by atoms with E-state index in [-0.39, 0.29) is 0 Å². The molecule has 3 nitrogen and oxygen atoms in total. The molecule has 0 amide bonds. The summed E-state index contributed by atoms with van der Waals surface area (Å²) in [6.07, 6.45) is 0. The maximum absolute atomic E-state index is 10.2. The number of para-hydroxylation sites is 1. The molecule has 0 atom stereocenters. The van der Waals surface area contributed by atoms with Crippen molar-refractivity contribution >= 4 is 21.0 Å². The molecule has 1 radical (unpaired) electrons. The quantitative estimate of drug-likeness (QED) is 0.774. The third-order valence-corrected chi connectivity index (χ3v) is 1.97. The van der Waals surface area contributed by atoms with Crippen LogP contribution in [0.1, 0.15) is 0 Å². The monoisotopic (exact) mass is 247 g/mol. The van der Waals surface area contributed by atoms with Gasteiger partial charge in [-0.15, -0.1) is 0 Å². The van der Waals surface area contributed by atoms with Crippen molar-refractivity contribution in [3.05, 3.63) is 30.3 Å². The Morgan fingerprint density at radius 1 is 1.30 bits per heavy atom. The summed E-state index contributed by atoms with van der Waals surface area (Å²) in [6, 6.07) is 8.60. The van der Waals surface area contributed by atoms with Crippen LogP contribution in [0.15, 0.2) is 30.3 Å². The Balaban J connectivity index is 2.67. The van der Waals surface area contributed by atoms with Gasteiger partial charge >= 0.3 is 66.5 Å². The Morgan fingerprint density at radius 3 is 2.40 bits per heavy atom. The predicted molar refractivity (Wildman–Crippen MR) is 35.7 cm³/mol. The van der Waals surface area contributed by atoms with Crippen molar-refractivity contribution in [1.29, 1.82) is 0 Å². The maximum atomic E-state index is 10.2. The second-order valence-corrected chi connectivity index (χ2v) is 3.52. The van der Waals surface area contributed by atoms with Crippen LogP contribution in [0.5, 0.6) is 5.75 Å². The van der Waals surface area contributed by atoms with Crippen molar-refractivity contribution in [2.24, 2.45) is 0 Å². The van der Waals surface area contributed by atoms with Gasteiger partial charge in [-0.1, -0.05) is 0 Å². The Morgan fingerprint density at radius 2 is 1.90 bits per heavy atom. The average Bonchev–Trinajstić information content (AvgIpc) is 1.88. The molecule has 0 aromatic heterocycles. The van der Waals surface area contributed by atoms with Crippen molar-refractivity contribution in [2.45, 2.75) is 0 Å². The van der Waals surface area contributed by atoms with Gasteiger partial charge in [-0.2, -0.15) is 0 Å². The van der Waals surface area contributed by atoms with Gasteiger partial charge in [0.2, 0.25) is 0 Å². The molecule has 1 N–H and O–H groups in total. The van der Waals surface area contributed by atoms with Crippen LogP contribution < -0.4 is 3.02 Å². The van der Waals surface area contributed by atoms with E-state index in [2.05, 4.69) is 3.02 Å². The van der Waals surface area contributed by atoms with Crippen LogP contribution in [-0.4, -0.2) is 24.4 Å². The van der Waals surface area contributed by atoms with E-state index in [9.17, 15) is 3.02 Å². The number of benzene rings is 1. The first-order chi connectivity index (χ1) is 4.79. The molecular weight excluding hydrogens is 242 g/mol. The first-order valence-corrected chi connectivity index (χ1v) is 5.91. The zero-order chi connectivity index (χ0) is 7.40. The van der Waals surface area contributed by atoms with Crippen LogP contribution in [0.4, 0.5) is 0 Å². The van der Waals surface area contributed by atoms with Crippen molar-refractivity contribution in [1.82, 2.24) is 0 Å². The third-order valence-electron chi connectivity index (χ3n) is 0.927. The summed E-state index contributed by atoms with van der Waals surface area (Å²) in [5.41, 5.74) is 0. The zero-order valence-corrected chi connectivity index (χ0v) is 7.65. The van der Waals surface area contributed by atoms with E-state index in [1.165, 1.54) is 0 Å². The van der Waals surface area contributed by atoms with Crippen LogP contribution in [-0.2, 0) is 3.02 Å². The molecule has 0 aliphatic heterocycles. The number of hydrogen-bond acceptors (Lipinski definition) is 2. The van der Waals surface area contributed by atoms with Crippen molar-refractivity contribution < 1.29 is 9.42 Å². The third kappa shape index (κ3) is 2.46. The fraction of sp³-hybridized carbons (Fsp3) is 0. The second kappa shape index (κ2) is 3.69. The molecule has 10 heavy (non-hydrogen) atoms. The predicted octanol–water partition coefficient (Wildman–Crippen LogP) is 0.473. The van der Waals surface area contributed by atoms with E-state index in [1.54, 1.807) is 24.3 Å². The molecule has 0 aliphatic carbocycles. The molecule has 1 aromatic carbocycles. The Labute approximate surface area is 66.7 Å². The molecule has 0 unspecified atom stereocenters. The van der Waals surface area contributed by atoms with Gasteiger partial charge in [0.15, 0.2) is 0 Å². The Hall–Kier alpha value is -0.402. The van der Waals surface area contributed by atoms with Gasteiger partial charge in [-0.25, -0.2) is 0 Å². The van der Waals surface area contributed by atoms with Gasteiger partial charge in [-0.05, 0) is 0 Å². The van der Waals surface area contributed by atoms with Gasteiger partial charge < -0.3 is 0 Å². The number of hydrogen-bond donors (Lipinski definition) is 1. The second-order valence-electron chi connectivity index (χ2n) is 1.64. The van der Waals surface area contributed by atoms with Gasteiger partial charge in [0.25, 0.3) is 0 Å². The van der Waals surface area contributed by atoms with Crippen LogP contribution in [0.2, 0.25) is 0 Å². The van der Waals surface area contributed by atoms with E-state index in [4.69, 9.17) is 3.39 Å². The van der Waals surface area contributed by atoms with Crippen molar-refractivity contribution in [3.8, 4) is 5.75 Å². The number of rotatable bonds is 2.